The molecule has 0 aromatic carbocycles. The van der Waals surface area contributed by atoms with Crippen LogP contribution in [0.15, 0.2) is 18.2 Å². The molecule has 14 heavy (non-hydrogen) atoms. The van der Waals surface area contributed by atoms with E-state index in [4.69, 9.17) is 0 Å². The van der Waals surface area contributed by atoms with Gasteiger partial charge in [0, 0.05) is 4.53 Å². The number of hydrogen-bond donors (Lipinski definition) is 0. The number of hydrogen-bond acceptors (Lipinski definition) is 3. The second-order valence-corrected chi connectivity index (χ2v) is 3.66. The fourth-order valence-corrected chi connectivity index (χ4v) is 1.65. The summed E-state index contributed by atoms with van der Waals surface area (Å²) < 4.78 is 0.911. The summed E-state index contributed by atoms with van der Waals surface area (Å²) in [5.41, 5.74) is 0. The molecular formula is C11H11NOS. The van der Waals surface area contributed by atoms with Crippen molar-refractivity contribution in [3.8, 4) is 0 Å². The Kier molecular flexibility index (Phi) is 4.01. The van der Waals surface area contributed by atoms with E-state index < -0.39 is 0 Å². The Hall–Kier alpha value is -1.48. The molecule has 0 aliphatic carbocycles. The lowest BCUT2D eigenvalue weighted by Gasteiger charge is -1.75. The number of carbonyl (C=O) groups excluding carboxylic acids is 1. The van der Waals surface area contributed by atoms with Gasteiger partial charge < -0.3 is 0 Å². The molecule has 0 bridgehead atoms. The maximum atomic E-state index is 10.1. The van der Waals surface area contributed by atoms with Crippen molar-refractivity contribution in [1.82, 2.24) is 4.98 Å². The molecule has 0 aliphatic heterocycles. The Morgan fingerprint density at radius 1 is 1.43 bits per heavy atom. The molecule has 1 aromatic rings. The van der Waals surface area contributed by atoms with Crippen molar-refractivity contribution < 1.29 is 4.79 Å². The van der Waals surface area contributed by atoms with E-state index in [1.165, 1.54) is 17.4 Å². The summed E-state index contributed by atoms with van der Waals surface area (Å²) in [5, 5.41) is 1.66. The van der Waals surface area contributed by atoms with Gasteiger partial charge in [0.25, 0.3) is 0 Å². The van der Waals surface area contributed by atoms with Gasteiger partial charge in [-0.05, 0) is 25.2 Å². The molecular weight excluding hydrogens is 194 g/mol. The molecule has 0 atom stereocenters. The lowest BCUT2D eigenvalue weighted by atomic mass is 10.4. The van der Waals surface area contributed by atoms with Crippen LogP contribution in [0.5, 0.6) is 0 Å². The van der Waals surface area contributed by atoms with E-state index in [2.05, 4.69) is 11.6 Å². The van der Waals surface area contributed by atoms with Crippen molar-refractivity contribution in [2.75, 3.05) is 0 Å². The minimum Gasteiger partial charge on any atom is -0.299 e. The van der Waals surface area contributed by atoms with Crippen LogP contribution in [-0.2, 0) is 4.79 Å². The van der Waals surface area contributed by atoms with Crippen LogP contribution in [0.25, 0.3) is 18.7 Å². The van der Waals surface area contributed by atoms with E-state index in [1.807, 2.05) is 25.2 Å². The summed E-state index contributed by atoms with van der Waals surface area (Å²) in [6, 6.07) is 0. The van der Waals surface area contributed by atoms with Crippen LogP contribution in [0.3, 0.4) is 0 Å². The van der Waals surface area contributed by atoms with E-state index in [1.54, 1.807) is 6.08 Å². The molecule has 0 unspecified atom stereocenters. The van der Waals surface area contributed by atoms with Gasteiger partial charge in [-0.3, -0.25) is 4.79 Å². The number of allylic oxidation sites excluding steroid dienone is 3. The van der Waals surface area contributed by atoms with Gasteiger partial charge in [-0.25, -0.2) is 4.98 Å². The van der Waals surface area contributed by atoms with Gasteiger partial charge in [-0.1, -0.05) is 18.7 Å². The highest BCUT2D eigenvalue weighted by atomic mass is 32.1. The number of carbonyl (C=O) groups is 1. The average molecular weight is 205 g/mol. The summed E-state index contributed by atoms with van der Waals surface area (Å²) in [6.45, 7) is 5.81. The van der Waals surface area contributed by atoms with Crippen molar-refractivity contribution in [2.24, 2.45) is 0 Å². The first-order chi connectivity index (χ1) is 6.77. The summed E-state index contributed by atoms with van der Waals surface area (Å²) in [5.74, 6) is 0. The smallest absolute Gasteiger partial charge is 0.142 e. The molecule has 0 fully saturated rings. The van der Waals surface area contributed by atoms with Gasteiger partial charge in [-0.2, -0.15) is 0 Å². The van der Waals surface area contributed by atoms with E-state index in [9.17, 15) is 4.79 Å². The quantitative estimate of drug-likeness (QED) is 0.547. The SMILES string of the molecule is C=c1sc(/C=C/C=O)n/c1=C/C=C\C. The molecule has 3 heteroatoms. The first-order valence-electron chi connectivity index (χ1n) is 4.18. The molecule has 1 rings (SSSR count). The largest absolute Gasteiger partial charge is 0.299 e. The van der Waals surface area contributed by atoms with E-state index >= 15 is 0 Å². The Balaban J connectivity index is 3.11. The second-order valence-electron chi connectivity index (χ2n) is 2.55. The van der Waals surface area contributed by atoms with Gasteiger partial charge in [0.2, 0.25) is 0 Å². The van der Waals surface area contributed by atoms with E-state index in [-0.39, 0.29) is 0 Å². The summed E-state index contributed by atoms with van der Waals surface area (Å²) in [4.78, 5) is 14.4. The molecule has 0 aliphatic rings. The number of nitrogens with zero attached hydrogens (tertiary/aromatic N) is 1. The monoisotopic (exact) mass is 205 g/mol. The standard InChI is InChI=1S/C11H11NOS/c1-3-4-6-10-9(2)14-11(12-10)7-5-8-13/h3-8H,2H2,1H3/b4-3-,7-5+,10-6+. The number of aromatic nitrogens is 1. The van der Waals surface area contributed by atoms with Crippen LogP contribution in [0, 0.1) is 0 Å². The highest BCUT2D eigenvalue weighted by Gasteiger charge is 1.92. The van der Waals surface area contributed by atoms with Gasteiger partial charge >= 0.3 is 0 Å². The molecule has 0 radical (unpaired) electrons. The molecule has 0 saturated heterocycles. The zero-order chi connectivity index (χ0) is 10.4. The lowest BCUT2D eigenvalue weighted by molar-refractivity contribution is -0.104. The molecule has 0 N–H and O–H groups in total. The average Bonchev–Trinajstić information content (AvgIpc) is 2.53. The maximum absolute atomic E-state index is 10.1. The van der Waals surface area contributed by atoms with E-state index in [0.717, 1.165) is 21.2 Å². The molecule has 2 nitrogen and oxygen atoms in total. The number of rotatable bonds is 3. The zero-order valence-electron chi connectivity index (χ0n) is 7.93. The van der Waals surface area contributed by atoms with Gasteiger partial charge in [0.1, 0.15) is 11.3 Å². The maximum Gasteiger partial charge on any atom is 0.142 e. The fourth-order valence-electron chi connectivity index (χ4n) is 0.893. The molecule has 0 spiro atoms. The minimum atomic E-state index is 0.736. The normalized spacial score (nSPS) is 13.1. The van der Waals surface area contributed by atoms with Crippen LogP contribution in [-0.4, -0.2) is 11.3 Å². The Morgan fingerprint density at radius 2 is 2.21 bits per heavy atom. The van der Waals surface area contributed by atoms with Crippen molar-refractivity contribution in [3.63, 3.8) is 0 Å². The molecule has 72 valence electrons. The summed E-state index contributed by atoms with van der Waals surface area (Å²) >= 11 is 1.47. The van der Waals surface area contributed by atoms with Crippen LogP contribution in [0.4, 0.5) is 0 Å². The summed E-state index contributed by atoms with van der Waals surface area (Å²) in [6.07, 6.45) is 9.59. The molecule has 0 saturated carbocycles. The van der Waals surface area contributed by atoms with Crippen LogP contribution in [0.1, 0.15) is 11.9 Å². The minimum absolute atomic E-state index is 0.736. The van der Waals surface area contributed by atoms with E-state index in [0.29, 0.717) is 0 Å². The first-order valence-corrected chi connectivity index (χ1v) is 5.00. The Morgan fingerprint density at radius 3 is 2.86 bits per heavy atom. The van der Waals surface area contributed by atoms with Gasteiger partial charge in [0.05, 0.1) is 5.35 Å². The third-order valence-electron chi connectivity index (χ3n) is 1.51. The fraction of sp³-hybridized carbons (Fsp3) is 0.0909. The third-order valence-corrected chi connectivity index (χ3v) is 2.40. The molecule has 1 heterocycles. The second kappa shape index (κ2) is 5.29. The van der Waals surface area contributed by atoms with Crippen LogP contribution in [0.2, 0.25) is 0 Å². The predicted molar refractivity (Wildman–Crippen MR) is 61.3 cm³/mol. The van der Waals surface area contributed by atoms with Gasteiger partial charge in [-0.15, -0.1) is 11.3 Å². The number of thiazole rings is 1. The predicted octanol–water partition coefficient (Wildman–Crippen LogP) is 1.12. The molecule has 1 aromatic heterocycles. The highest BCUT2D eigenvalue weighted by Crippen LogP contribution is 1.97. The third kappa shape index (κ3) is 2.78. The van der Waals surface area contributed by atoms with Crippen molar-refractivity contribution >= 4 is 36.4 Å². The van der Waals surface area contributed by atoms with Crippen molar-refractivity contribution in [1.29, 1.82) is 0 Å². The topological polar surface area (TPSA) is 30.0 Å². The highest BCUT2D eigenvalue weighted by molar-refractivity contribution is 7.10. The Labute approximate surface area is 86.6 Å². The van der Waals surface area contributed by atoms with Gasteiger partial charge in [0.15, 0.2) is 0 Å². The molecule has 0 amide bonds. The summed E-state index contributed by atoms with van der Waals surface area (Å²) in [7, 11) is 0. The van der Waals surface area contributed by atoms with Crippen LogP contribution < -0.4 is 9.88 Å². The first kappa shape index (κ1) is 10.6. The number of aldehydes is 1. The van der Waals surface area contributed by atoms with Crippen molar-refractivity contribution in [2.45, 2.75) is 6.92 Å². The zero-order valence-corrected chi connectivity index (χ0v) is 8.75. The lowest BCUT2D eigenvalue weighted by Crippen LogP contribution is -2.18. The van der Waals surface area contributed by atoms with Crippen LogP contribution >= 0.6 is 11.3 Å². The van der Waals surface area contributed by atoms with Crippen molar-refractivity contribution in [3.05, 3.63) is 33.1 Å². The Bertz CT molecular complexity index is 468.